The number of nitrogen functional groups attached to an aromatic ring is 1. The van der Waals surface area contributed by atoms with Gasteiger partial charge in [-0.2, -0.15) is 0 Å². The van der Waals surface area contributed by atoms with Crippen LogP contribution < -0.4 is 11.1 Å². The summed E-state index contributed by atoms with van der Waals surface area (Å²) in [6.07, 6.45) is 0.877. The lowest BCUT2D eigenvalue weighted by molar-refractivity contribution is 0.566. The Hall–Kier alpha value is -1.16. The molecule has 1 atom stereocenters. The van der Waals surface area contributed by atoms with Crippen LogP contribution in [0, 0.1) is 11.6 Å². The average molecular weight is 198 g/mol. The van der Waals surface area contributed by atoms with E-state index in [0.29, 0.717) is 5.56 Å². The highest BCUT2D eigenvalue weighted by atomic mass is 19.1. The molecule has 0 saturated carbocycles. The standard InChI is InChI=1S/C10H12F2N2/c11-8-2-1-7(9(12)10(8)13)6-3-4-14-5-6/h1-2,6,14H,3-5,13H2. The van der Waals surface area contributed by atoms with Crippen molar-refractivity contribution >= 4 is 5.69 Å². The zero-order valence-electron chi connectivity index (χ0n) is 7.69. The van der Waals surface area contributed by atoms with Crippen LogP contribution in [-0.2, 0) is 0 Å². The van der Waals surface area contributed by atoms with Crippen molar-refractivity contribution < 1.29 is 8.78 Å². The molecule has 1 aliphatic rings. The van der Waals surface area contributed by atoms with Crippen molar-refractivity contribution in [1.29, 1.82) is 0 Å². The Morgan fingerprint density at radius 1 is 1.36 bits per heavy atom. The first-order chi connectivity index (χ1) is 6.70. The third-order valence-electron chi connectivity index (χ3n) is 2.66. The minimum Gasteiger partial charge on any atom is -0.394 e. The van der Waals surface area contributed by atoms with Gasteiger partial charge in [-0.1, -0.05) is 6.07 Å². The molecular weight excluding hydrogens is 186 g/mol. The number of nitrogens with two attached hydrogens (primary N) is 1. The van der Waals surface area contributed by atoms with Crippen LogP contribution >= 0.6 is 0 Å². The maximum absolute atomic E-state index is 13.5. The maximum atomic E-state index is 13.5. The number of halogens is 2. The lowest BCUT2D eigenvalue weighted by Gasteiger charge is -2.11. The molecule has 0 aliphatic carbocycles. The van der Waals surface area contributed by atoms with E-state index in [0.717, 1.165) is 19.5 Å². The molecule has 1 aliphatic heterocycles. The fraction of sp³-hybridized carbons (Fsp3) is 0.400. The van der Waals surface area contributed by atoms with Gasteiger partial charge in [-0.05, 0) is 24.6 Å². The molecule has 0 aromatic heterocycles. The summed E-state index contributed by atoms with van der Waals surface area (Å²) in [4.78, 5) is 0. The number of anilines is 1. The third-order valence-corrected chi connectivity index (χ3v) is 2.66. The van der Waals surface area contributed by atoms with Crippen LogP contribution in [0.25, 0.3) is 0 Å². The van der Waals surface area contributed by atoms with E-state index in [2.05, 4.69) is 5.32 Å². The second kappa shape index (κ2) is 3.53. The van der Waals surface area contributed by atoms with Gasteiger partial charge in [-0.15, -0.1) is 0 Å². The fourth-order valence-corrected chi connectivity index (χ4v) is 1.82. The zero-order chi connectivity index (χ0) is 10.1. The van der Waals surface area contributed by atoms with Gasteiger partial charge in [0.15, 0.2) is 5.82 Å². The van der Waals surface area contributed by atoms with Crippen LogP contribution in [0.3, 0.4) is 0 Å². The number of nitrogens with one attached hydrogen (secondary N) is 1. The van der Waals surface area contributed by atoms with E-state index < -0.39 is 11.6 Å². The van der Waals surface area contributed by atoms with E-state index in [-0.39, 0.29) is 11.6 Å². The molecule has 1 aromatic rings. The van der Waals surface area contributed by atoms with Gasteiger partial charge in [0.2, 0.25) is 0 Å². The Morgan fingerprint density at radius 3 is 2.79 bits per heavy atom. The van der Waals surface area contributed by atoms with E-state index >= 15 is 0 Å². The first kappa shape index (κ1) is 9.40. The molecule has 1 unspecified atom stereocenters. The maximum Gasteiger partial charge on any atom is 0.152 e. The Labute approximate surface area is 81.1 Å². The Kier molecular flexibility index (Phi) is 2.37. The van der Waals surface area contributed by atoms with Gasteiger partial charge in [0, 0.05) is 12.5 Å². The fourth-order valence-electron chi connectivity index (χ4n) is 1.82. The normalized spacial score (nSPS) is 21.4. The molecule has 0 radical (unpaired) electrons. The third kappa shape index (κ3) is 1.46. The predicted molar refractivity (Wildman–Crippen MR) is 51.0 cm³/mol. The zero-order valence-corrected chi connectivity index (χ0v) is 7.69. The van der Waals surface area contributed by atoms with Crippen LogP contribution in [0.1, 0.15) is 17.9 Å². The predicted octanol–water partition coefficient (Wildman–Crippen LogP) is 1.62. The molecule has 1 saturated heterocycles. The highest BCUT2D eigenvalue weighted by molar-refractivity contribution is 5.45. The number of benzene rings is 1. The van der Waals surface area contributed by atoms with Crippen molar-refractivity contribution in [3.05, 3.63) is 29.3 Å². The molecule has 0 spiro atoms. The summed E-state index contributed by atoms with van der Waals surface area (Å²) in [5.41, 5.74) is 5.44. The summed E-state index contributed by atoms with van der Waals surface area (Å²) in [7, 11) is 0. The Morgan fingerprint density at radius 2 is 2.14 bits per heavy atom. The summed E-state index contributed by atoms with van der Waals surface area (Å²) in [5.74, 6) is -1.16. The van der Waals surface area contributed by atoms with Gasteiger partial charge < -0.3 is 11.1 Å². The van der Waals surface area contributed by atoms with E-state index in [1.807, 2.05) is 0 Å². The molecule has 4 heteroatoms. The van der Waals surface area contributed by atoms with Crippen molar-refractivity contribution in [2.75, 3.05) is 18.8 Å². The number of hydrogen-bond donors (Lipinski definition) is 2. The molecular formula is C10H12F2N2. The van der Waals surface area contributed by atoms with Gasteiger partial charge in [-0.3, -0.25) is 0 Å². The smallest absolute Gasteiger partial charge is 0.152 e. The topological polar surface area (TPSA) is 38.0 Å². The highest BCUT2D eigenvalue weighted by Crippen LogP contribution is 2.28. The monoisotopic (exact) mass is 198 g/mol. The molecule has 2 nitrogen and oxygen atoms in total. The van der Waals surface area contributed by atoms with Crippen molar-refractivity contribution in [1.82, 2.24) is 5.32 Å². The molecule has 1 aromatic carbocycles. The van der Waals surface area contributed by atoms with Gasteiger partial charge in [0.25, 0.3) is 0 Å². The summed E-state index contributed by atoms with van der Waals surface area (Å²) in [6, 6.07) is 2.71. The van der Waals surface area contributed by atoms with E-state index in [9.17, 15) is 8.78 Å². The van der Waals surface area contributed by atoms with Gasteiger partial charge in [-0.25, -0.2) is 8.78 Å². The largest absolute Gasteiger partial charge is 0.394 e. The number of rotatable bonds is 1. The summed E-state index contributed by atoms with van der Waals surface area (Å²) >= 11 is 0. The Balaban J connectivity index is 2.38. The minimum atomic E-state index is -0.683. The average Bonchev–Trinajstić information content (AvgIpc) is 2.67. The summed E-state index contributed by atoms with van der Waals surface area (Å²) in [6.45, 7) is 1.61. The van der Waals surface area contributed by atoms with Crippen molar-refractivity contribution in [2.24, 2.45) is 0 Å². The SMILES string of the molecule is Nc1c(F)ccc(C2CCNC2)c1F. The van der Waals surface area contributed by atoms with Gasteiger partial charge >= 0.3 is 0 Å². The van der Waals surface area contributed by atoms with E-state index in [4.69, 9.17) is 5.73 Å². The first-order valence-corrected chi connectivity index (χ1v) is 4.64. The second-order valence-electron chi connectivity index (χ2n) is 3.55. The number of hydrogen-bond acceptors (Lipinski definition) is 2. The quantitative estimate of drug-likeness (QED) is 0.673. The molecule has 76 valence electrons. The Bertz CT molecular complexity index is 346. The molecule has 0 amide bonds. The lowest BCUT2D eigenvalue weighted by Crippen LogP contribution is -2.10. The van der Waals surface area contributed by atoms with Crippen molar-refractivity contribution in [2.45, 2.75) is 12.3 Å². The van der Waals surface area contributed by atoms with Crippen LogP contribution in [0.2, 0.25) is 0 Å². The van der Waals surface area contributed by atoms with Crippen LogP contribution in [-0.4, -0.2) is 13.1 Å². The molecule has 1 heterocycles. The van der Waals surface area contributed by atoms with Crippen LogP contribution in [0.15, 0.2) is 12.1 Å². The molecule has 1 fully saturated rings. The molecule has 3 N–H and O–H groups in total. The molecule has 2 rings (SSSR count). The van der Waals surface area contributed by atoms with E-state index in [1.54, 1.807) is 0 Å². The first-order valence-electron chi connectivity index (χ1n) is 4.64. The van der Waals surface area contributed by atoms with Gasteiger partial charge in [0.05, 0.1) is 0 Å². The van der Waals surface area contributed by atoms with Crippen molar-refractivity contribution in [3.8, 4) is 0 Å². The second-order valence-corrected chi connectivity index (χ2v) is 3.55. The summed E-state index contributed by atoms with van der Waals surface area (Å²) in [5, 5.41) is 3.13. The molecule has 14 heavy (non-hydrogen) atoms. The van der Waals surface area contributed by atoms with Crippen molar-refractivity contribution in [3.63, 3.8) is 0 Å². The van der Waals surface area contributed by atoms with Crippen LogP contribution in [0.5, 0.6) is 0 Å². The van der Waals surface area contributed by atoms with Crippen LogP contribution in [0.4, 0.5) is 14.5 Å². The highest BCUT2D eigenvalue weighted by Gasteiger charge is 2.22. The van der Waals surface area contributed by atoms with Gasteiger partial charge in [0.1, 0.15) is 11.5 Å². The molecule has 0 bridgehead atoms. The minimum absolute atomic E-state index is 0.123. The van der Waals surface area contributed by atoms with E-state index in [1.165, 1.54) is 12.1 Å². The summed E-state index contributed by atoms with van der Waals surface area (Å²) < 4.78 is 26.4. The lowest BCUT2D eigenvalue weighted by atomic mass is 9.97.